The van der Waals surface area contributed by atoms with Crippen LogP contribution in [-0.2, 0) is 9.53 Å². The standard InChI is InChI=1S/C19H19N3O6/c1-12(23)20-15-10-18(13-2-6-16(7-3-13)21(24)25)28-19(11-15)14-4-8-17(9-5-14)22(26)27/h2-9,15,18-19H,10-11H2,1H3,(H,20,23)/t15?,18-,19+. The third-order valence-corrected chi connectivity index (χ3v) is 4.68. The van der Waals surface area contributed by atoms with Crippen molar-refractivity contribution in [3.05, 3.63) is 79.9 Å². The Morgan fingerprint density at radius 1 is 0.893 bits per heavy atom. The van der Waals surface area contributed by atoms with Gasteiger partial charge in [0.1, 0.15) is 0 Å². The summed E-state index contributed by atoms with van der Waals surface area (Å²) < 4.78 is 6.18. The van der Waals surface area contributed by atoms with E-state index in [1.165, 1.54) is 31.2 Å². The van der Waals surface area contributed by atoms with Crippen LogP contribution in [0.3, 0.4) is 0 Å². The van der Waals surface area contributed by atoms with Gasteiger partial charge in [0.15, 0.2) is 0 Å². The molecule has 1 heterocycles. The summed E-state index contributed by atoms with van der Waals surface area (Å²) in [5.74, 6) is -0.156. The van der Waals surface area contributed by atoms with Gasteiger partial charge in [0.05, 0.1) is 22.1 Å². The van der Waals surface area contributed by atoms with E-state index in [-0.39, 0.29) is 35.5 Å². The van der Waals surface area contributed by atoms with E-state index in [1.54, 1.807) is 24.3 Å². The van der Waals surface area contributed by atoms with Crippen LogP contribution in [-0.4, -0.2) is 21.8 Å². The van der Waals surface area contributed by atoms with Crippen molar-refractivity contribution >= 4 is 17.3 Å². The van der Waals surface area contributed by atoms with Gasteiger partial charge in [0.2, 0.25) is 5.91 Å². The average Bonchev–Trinajstić information content (AvgIpc) is 2.67. The summed E-state index contributed by atoms with van der Waals surface area (Å²) >= 11 is 0. The Kier molecular flexibility index (Phi) is 5.65. The van der Waals surface area contributed by atoms with E-state index in [2.05, 4.69) is 5.32 Å². The molecule has 1 saturated heterocycles. The van der Waals surface area contributed by atoms with Crippen LogP contribution in [0.15, 0.2) is 48.5 Å². The van der Waals surface area contributed by atoms with E-state index >= 15 is 0 Å². The number of hydrogen-bond acceptors (Lipinski definition) is 6. The number of carbonyl (C=O) groups is 1. The van der Waals surface area contributed by atoms with E-state index < -0.39 is 9.85 Å². The predicted molar refractivity (Wildman–Crippen MR) is 99.6 cm³/mol. The zero-order valence-corrected chi connectivity index (χ0v) is 15.1. The summed E-state index contributed by atoms with van der Waals surface area (Å²) in [6.07, 6.45) is 0.320. The Balaban J connectivity index is 1.85. The number of non-ortho nitro benzene ring substituents is 2. The number of nitro benzene ring substituents is 2. The summed E-state index contributed by atoms with van der Waals surface area (Å²) in [6.45, 7) is 1.44. The molecule has 9 nitrogen and oxygen atoms in total. The van der Waals surface area contributed by atoms with Crippen LogP contribution in [0.5, 0.6) is 0 Å². The molecule has 1 N–H and O–H groups in total. The van der Waals surface area contributed by atoms with Gasteiger partial charge in [0.25, 0.3) is 11.4 Å². The number of rotatable bonds is 5. The Labute approximate surface area is 160 Å². The van der Waals surface area contributed by atoms with E-state index in [0.29, 0.717) is 12.8 Å². The largest absolute Gasteiger partial charge is 0.365 e. The maximum absolute atomic E-state index is 11.5. The maximum atomic E-state index is 11.5. The number of amides is 1. The lowest BCUT2D eigenvalue weighted by Gasteiger charge is -2.36. The van der Waals surface area contributed by atoms with Crippen molar-refractivity contribution in [3.8, 4) is 0 Å². The molecule has 1 aliphatic heterocycles. The molecule has 1 amide bonds. The van der Waals surface area contributed by atoms with Gasteiger partial charge in [-0.3, -0.25) is 25.0 Å². The second-order valence-electron chi connectivity index (χ2n) is 6.68. The van der Waals surface area contributed by atoms with Gasteiger partial charge in [0, 0.05) is 37.2 Å². The van der Waals surface area contributed by atoms with Crippen molar-refractivity contribution in [2.45, 2.75) is 38.0 Å². The molecular formula is C19H19N3O6. The summed E-state index contributed by atoms with van der Waals surface area (Å²) in [6, 6.07) is 12.1. The highest BCUT2D eigenvalue weighted by molar-refractivity contribution is 5.73. The smallest absolute Gasteiger partial charge is 0.269 e. The lowest BCUT2D eigenvalue weighted by molar-refractivity contribution is -0.385. The van der Waals surface area contributed by atoms with Gasteiger partial charge in [-0.25, -0.2) is 0 Å². The molecule has 0 aliphatic carbocycles. The molecule has 146 valence electrons. The average molecular weight is 385 g/mol. The zero-order chi connectivity index (χ0) is 20.3. The van der Waals surface area contributed by atoms with E-state index in [9.17, 15) is 25.0 Å². The van der Waals surface area contributed by atoms with E-state index in [4.69, 9.17) is 4.74 Å². The summed E-state index contributed by atoms with van der Waals surface area (Å²) in [4.78, 5) is 32.3. The van der Waals surface area contributed by atoms with Crippen molar-refractivity contribution in [2.75, 3.05) is 0 Å². The van der Waals surface area contributed by atoms with Crippen molar-refractivity contribution in [3.63, 3.8) is 0 Å². The monoisotopic (exact) mass is 385 g/mol. The highest BCUT2D eigenvalue weighted by Crippen LogP contribution is 2.39. The van der Waals surface area contributed by atoms with Crippen molar-refractivity contribution in [2.24, 2.45) is 0 Å². The van der Waals surface area contributed by atoms with Gasteiger partial charge in [-0.15, -0.1) is 0 Å². The zero-order valence-electron chi connectivity index (χ0n) is 15.1. The molecule has 0 spiro atoms. The van der Waals surface area contributed by atoms with Gasteiger partial charge < -0.3 is 10.1 Å². The Hall–Kier alpha value is -3.33. The first-order valence-electron chi connectivity index (χ1n) is 8.74. The molecule has 3 rings (SSSR count). The first-order valence-corrected chi connectivity index (χ1v) is 8.74. The van der Waals surface area contributed by atoms with Crippen LogP contribution in [0.1, 0.15) is 43.1 Å². The predicted octanol–water partition coefficient (Wildman–Crippen LogP) is 3.60. The second-order valence-corrected chi connectivity index (χ2v) is 6.68. The van der Waals surface area contributed by atoms with Gasteiger partial charge >= 0.3 is 0 Å². The minimum atomic E-state index is -0.467. The highest BCUT2D eigenvalue weighted by atomic mass is 16.6. The molecule has 2 aromatic carbocycles. The normalized spacial score (nSPS) is 21.7. The number of nitrogens with one attached hydrogen (secondary N) is 1. The van der Waals surface area contributed by atoms with Crippen LogP contribution in [0, 0.1) is 20.2 Å². The molecule has 1 aliphatic rings. The molecule has 0 radical (unpaired) electrons. The molecule has 0 bridgehead atoms. The number of nitrogens with zero attached hydrogens (tertiary/aromatic N) is 2. The molecule has 0 aromatic heterocycles. The molecule has 1 unspecified atom stereocenters. The molecular weight excluding hydrogens is 366 g/mol. The van der Waals surface area contributed by atoms with Crippen LogP contribution in [0.4, 0.5) is 11.4 Å². The maximum Gasteiger partial charge on any atom is 0.269 e. The number of benzene rings is 2. The van der Waals surface area contributed by atoms with Crippen molar-refractivity contribution < 1.29 is 19.4 Å². The molecule has 0 saturated carbocycles. The summed E-state index contributed by atoms with van der Waals surface area (Å²) in [5.41, 5.74) is 1.52. The van der Waals surface area contributed by atoms with Crippen LogP contribution < -0.4 is 5.32 Å². The fourth-order valence-electron chi connectivity index (χ4n) is 3.38. The Morgan fingerprint density at radius 3 is 1.61 bits per heavy atom. The fraction of sp³-hybridized carbons (Fsp3) is 0.316. The number of ether oxygens (including phenoxy) is 1. The molecule has 9 heteroatoms. The quantitative estimate of drug-likeness (QED) is 0.619. The molecule has 28 heavy (non-hydrogen) atoms. The number of hydrogen-bond donors (Lipinski definition) is 1. The van der Waals surface area contributed by atoms with Crippen molar-refractivity contribution in [1.82, 2.24) is 5.32 Å². The second kappa shape index (κ2) is 8.13. The van der Waals surface area contributed by atoms with Gasteiger partial charge in [-0.05, 0) is 48.2 Å². The first-order chi connectivity index (χ1) is 13.3. The van der Waals surface area contributed by atoms with Crippen LogP contribution in [0.25, 0.3) is 0 Å². The van der Waals surface area contributed by atoms with Crippen LogP contribution in [0.2, 0.25) is 0 Å². The lowest BCUT2D eigenvalue weighted by atomic mass is 9.91. The molecule has 1 fully saturated rings. The van der Waals surface area contributed by atoms with Crippen molar-refractivity contribution in [1.29, 1.82) is 0 Å². The SMILES string of the molecule is CC(=O)NC1C[C@@H](c2ccc([N+](=O)[O-])cc2)O[C@@H](c2ccc([N+](=O)[O-])cc2)C1. The lowest BCUT2D eigenvalue weighted by Crippen LogP contribution is -2.39. The summed E-state index contributed by atoms with van der Waals surface area (Å²) in [7, 11) is 0. The molecule has 2 aromatic rings. The topological polar surface area (TPSA) is 125 Å². The number of carbonyl (C=O) groups excluding carboxylic acids is 1. The van der Waals surface area contributed by atoms with Gasteiger partial charge in [-0.1, -0.05) is 0 Å². The Morgan fingerprint density at radius 2 is 1.29 bits per heavy atom. The highest BCUT2D eigenvalue weighted by Gasteiger charge is 2.32. The Bertz CT molecular complexity index is 816. The third kappa shape index (κ3) is 4.49. The van der Waals surface area contributed by atoms with E-state index in [1.807, 2.05) is 0 Å². The number of nitro groups is 2. The fourth-order valence-corrected chi connectivity index (χ4v) is 3.38. The first kappa shape index (κ1) is 19.4. The minimum Gasteiger partial charge on any atom is -0.365 e. The van der Waals surface area contributed by atoms with E-state index in [0.717, 1.165) is 11.1 Å². The summed E-state index contributed by atoms with van der Waals surface area (Å²) in [5, 5.41) is 24.6. The molecule has 3 atom stereocenters. The van der Waals surface area contributed by atoms with Crippen LogP contribution >= 0.6 is 0 Å². The third-order valence-electron chi connectivity index (χ3n) is 4.68. The van der Waals surface area contributed by atoms with Gasteiger partial charge in [-0.2, -0.15) is 0 Å². The minimum absolute atomic E-state index is 0.00936.